The minimum absolute atomic E-state index is 0. The fourth-order valence-electron chi connectivity index (χ4n) is 5.65. The first-order valence-electron chi connectivity index (χ1n) is 14.0. The monoisotopic (exact) mass is 701 g/mol. The van der Waals surface area contributed by atoms with Gasteiger partial charge in [-0.05, 0) is 53.9 Å². The number of hydrogen-bond acceptors (Lipinski definition) is 5. The van der Waals surface area contributed by atoms with E-state index in [-0.39, 0.29) is 24.2 Å². The summed E-state index contributed by atoms with van der Waals surface area (Å²) in [4.78, 5) is 2.31. The summed E-state index contributed by atoms with van der Waals surface area (Å²) in [5.41, 5.74) is 8.99. The number of hydrogen-bond donors (Lipinski definition) is 0. The smallest absolute Gasteiger partial charge is 0 e. The van der Waals surface area contributed by atoms with Crippen molar-refractivity contribution in [2.45, 2.75) is 71.1 Å². The zero-order chi connectivity index (χ0) is 36.5. The van der Waals surface area contributed by atoms with Gasteiger partial charge in [0, 0.05) is 41.6 Å². The summed E-state index contributed by atoms with van der Waals surface area (Å²) in [5.74, 6) is 6.81. The van der Waals surface area contributed by atoms with Gasteiger partial charge >= 0.3 is 56.5 Å². The van der Waals surface area contributed by atoms with Crippen LogP contribution in [0.2, 0.25) is 16.6 Å². The van der Waals surface area contributed by atoms with E-state index in [1.807, 2.05) is 12.1 Å². The van der Waals surface area contributed by atoms with Crippen LogP contribution in [0, 0.1) is 44.7 Å². The predicted octanol–water partition coefficient (Wildman–Crippen LogP) is 6.49. The van der Waals surface area contributed by atoms with Gasteiger partial charge in [0.2, 0.25) is 6.79 Å². The van der Waals surface area contributed by atoms with Gasteiger partial charge in [-0.3, -0.25) is 0 Å². The van der Waals surface area contributed by atoms with Crippen molar-refractivity contribution in [3.8, 4) is 34.5 Å². The first kappa shape index (κ1) is 50.5. The molecule has 47 heavy (non-hydrogen) atoms. The van der Waals surface area contributed by atoms with E-state index in [0.717, 1.165) is 53.6 Å². The molecular weight excluding hydrogens is 658 g/mol. The standard InChI is InChI=1S/C30H43NO4Si.5CO.Cr/c1-21(2)36(22(3)4,23(5)6)16-14-25-18-29(33-9)28(32-8)17-24(25)13-15-31(7)19-26-11-10-12-27-30(26)35-20-34-27;5*1-2;/h10-12,17-18,21-23H,13,15,19-20H2,1-9H3;;;;;;. The molecule has 2 aromatic rings. The van der Waals surface area contributed by atoms with Gasteiger partial charge in [-0.15, -0.1) is 5.54 Å². The topological polar surface area (TPSA) is 140 Å². The van der Waals surface area contributed by atoms with E-state index >= 15 is 0 Å². The van der Waals surface area contributed by atoms with Gasteiger partial charge in [-0.2, -0.15) is 0 Å². The Morgan fingerprint density at radius 2 is 1.28 bits per heavy atom. The maximum Gasteiger partial charge on any atom is 0 e. The number of para-hydroxylation sites is 1. The van der Waals surface area contributed by atoms with Crippen molar-refractivity contribution in [1.82, 2.24) is 4.90 Å². The quantitative estimate of drug-likeness (QED) is 0.121. The fraction of sp³-hybridized carbons (Fsp3) is 0.457. The van der Waals surface area contributed by atoms with Crippen LogP contribution in [-0.2, 0) is 53.6 Å². The summed E-state index contributed by atoms with van der Waals surface area (Å²) in [6, 6.07) is 10.2. The predicted molar refractivity (Wildman–Crippen MR) is 170 cm³/mol. The molecule has 0 unspecified atom stereocenters. The molecule has 0 saturated heterocycles. The Bertz CT molecular complexity index is 1280. The van der Waals surface area contributed by atoms with Crippen LogP contribution >= 0.6 is 0 Å². The second-order valence-corrected chi connectivity index (χ2v) is 16.2. The number of ether oxygens (including phenoxy) is 4. The number of nitrogens with zero attached hydrogens (tertiary/aromatic N) is 1. The maximum atomic E-state index is 7.50. The van der Waals surface area contributed by atoms with Gasteiger partial charge in [-0.25, -0.2) is 0 Å². The molecule has 0 bridgehead atoms. The molecule has 0 spiro atoms. The van der Waals surface area contributed by atoms with E-state index < -0.39 is 8.07 Å². The van der Waals surface area contributed by atoms with Gasteiger partial charge in [0.25, 0.3) is 0 Å². The summed E-state index contributed by atoms with van der Waals surface area (Å²) in [6.07, 6.45) is 0.854. The molecule has 0 N–H and O–H groups in total. The molecule has 1 heterocycles. The Labute approximate surface area is 292 Å². The molecule has 10 nitrogen and oxygen atoms in total. The summed E-state index contributed by atoms with van der Waals surface area (Å²) in [7, 11) is 3.64. The minimum Gasteiger partial charge on any atom is 0 e. The molecule has 1 aliphatic heterocycles. The van der Waals surface area contributed by atoms with Gasteiger partial charge in [0.1, 0.15) is 8.07 Å². The van der Waals surface area contributed by atoms with Crippen molar-refractivity contribution in [2.24, 2.45) is 0 Å². The molecule has 252 valence electrons. The molecule has 0 aliphatic carbocycles. The Balaban J connectivity index is -0.000000767. The first-order chi connectivity index (χ1) is 22.1. The first-order valence-corrected chi connectivity index (χ1v) is 16.2. The third kappa shape index (κ3) is 14.5. The molecule has 1 aliphatic rings. The van der Waals surface area contributed by atoms with E-state index in [2.05, 4.69) is 116 Å². The largest absolute Gasteiger partial charge is 0 e. The number of methoxy groups -OCH3 is 2. The Kier molecular flexibility index (Phi) is 30.9. The van der Waals surface area contributed by atoms with Gasteiger partial charge < -0.3 is 23.8 Å². The van der Waals surface area contributed by atoms with Crippen molar-refractivity contribution < 1.29 is 59.6 Å². The van der Waals surface area contributed by atoms with Crippen molar-refractivity contribution in [3.63, 3.8) is 0 Å². The zero-order valence-electron chi connectivity index (χ0n) is 28.5. The molecule has 12 heteroatoms. The number of fused-ring (bicyclic) bond motifs is 1. The summed E-state index contributed by atoms with van der Waals surface area (Å²) in [6.45, 7) is 38.5. The summed E-state index contributed by atoms with van der Waals surface area (Å²) in [5, 5.41) is 0. The molecule has 0 fully saturated rings. The third-order valence-electron chi connectivity index (χ3n) is 7.57. The van der Waals surface area contributed by atoms with Crippen LogP contribution in [0.5, 0.6) is 23.0 Å². The van der Waals surface area contributed by atoms with Crippen LogP contribution in [-0.4, -0.2) is 47.6 Å². The second kappa shape index (κ2) is 28.8. The molecule has 3 rings (SSSR count). The summed E-state index contributed by atoms with van der Waals surface area (Å²) < 4.78 is 60.0. The Morgan fingerprint density at radius 3 is 1.74 bits per heavy atom. The number of rotatable bonds is 10. The third-order valence-corrected chi connectivity index (χ3v) is 13.9. The molecule has 0 saturated carbocycles. The maximum absolute atomic E-state index is 7.50. The van der Waals surface area contributed by atoms with E-state index in [9.17, 15) is 0 Å². The molecule has 0 atom stereocenters. The molecule has 0 radical (unpaired) electrons. The van der Waals surface area contributed by atoms with E-state index in [0.29, 0.717) is 16.6 Å². The normalized spacial score (nSPS) is 10.1. The van der Waals surface area contributed by atoms with Crippen LogP contribution < -0.4 is 18.9 Å². The molecule has 2 aromatic carbocycles. The van der Waals surface area contributed by atoms with Crippen LogP contribution in [0.3, 0.4) is 0 Å². The Morgan fingerprint density at radius 1 is 0.787 bits per heavy atom. The van der Waals surface area contributed by atoms with Gasteiger partial charge in [0.15, 0.2) is 23.0 Å². The van der Waals surface area contributed by atoms with E-state index in [1.54, 1.807) is 14.2 Å². The van der Waals surface area contributed by atoms with Crippen LogP contribution in [0.4, 0.5) is 0 Å². The molecule has 0 amide bonds. The van der Waals surface area contributed by atoms with E-state index in [4.69, 9.17) is 42.2 Å². The average Bonchev–Trinajstić information content (AvgIpc) is 3.58. The van der Waals surface area contributed by atoms with Gasteiger partial charge in [-0.1, -0.05) is 59.6 Å². The Hall–Kier alpha value is -3.39. The van der Waals surface area contributed by atoms with Crippen molar-refractivity contribution in [1.29, 1.82) is 0 Å². The van der Waals surface area contributed by atoms with Crippen molar-refractivity contribution >= 4 is 8.07 Å². The van der Waals surface area contributed by atoms with Crippen LogP contribution in [0.15, 0.2) is 30.3 Å². The van der Waals surface area contributed by atoms with Crippen molar-refractivity contribution in [3.05, 3.63) is 80.3 Å². The number of benzene rings is 2. The SMILES string of the molecule is COc1cc(C#C[Si](C(C)C)(C(C)C)C(C)C)c(CCN(C)Cc2cccc3c2OCO3)cc1OC.[C-]#[O+].[C-]#[O+].[C-]#[O+].[C-]#[O+].[C-]#[O+].[Cr]. The molecule has 0 aromatic heterocycles. The minimum atomic E-state index is -1.86. The second-order valence-electron chi connectivity index (χ2n) is 10.7. The van der Waals surface area contributed by atoms with Crippen LogP contribution in [0.1, 0.15) is 58.2 Å². The average molecular weight is 702 g/mol. The molecular formula is C35H43CrNO9Si. The fourth-order valence-corrected chi connectivity index (χ4v) is 10.9. The van der Waals surface area contributed by atoms with Gasteiger partial charge in [0.05, 0.1) is 14.2 Å². The van der Waals surface area contributed by atoms with Crippen LogP contribution in [0.25, 0.3) is 0 Å². The zero-order valence-corrected chi connectivity index (χ0v) is 30.8. The summed E-state index contributed by atoms with van der Waals surface area (Å²) >= 11 is 0. The van der Waals surface area contributed by atoms with E-state index in [1.165, 1.54) is 5.56 Å². The number of likely N-dealkylation sites (N-methyl/N-ethyl adjacent to an activating group) is 1. The van der Waals surface area contributed by atoms with Crippen molar-refractivity contribution in [2.75, 3.05) is 34.6 Å².